The van der Waals surface area contributed by atoms with E-state index in [1.165, 1.54) is 31.3 Å². The second kappa shape index (κ2) is 8.03. The summed E-state index contributed by atoms with van der Waals surface area (Å²) >= 11 is 6.01. The first-order chi connectivity index (χ1) is 12.2. The largest absolute Gasteiger partial charge is 0.394 e. The summed E-state index contributed by atoms with van der Waals surface area (Å²) < 4.78 is 39.6. The Morgan fingerprint density at radius 3 is 2.46 bits per heavy atom. The number of hydrogen-bond acceptors (Lipinski definition) is 4. The zero-order valence-electron chi connectivity index (χ0n) is 14.1. The number of aliphatic hydroxyl groups is 1. The molecule has 2 N–H and O–H groups in total. The summed E-state index contributed by atoms with van der Waals surface area (Å²) in [5, 5.41) is 11.6. The van der Waals surface area contributed by atoms with Crippen LogP contribution in [0.15, 0.2) is 47.4 Å². The van der Waals surface area contributed by atoms with Crippen LogP contribution in [0.4, 0.5) is 10.1 Å². The highest BCUT2D eigenvalue weighted by Gasteiger charge is 2.24. The van der Waals surface area contributed by atoms with Crippen molar-refractivity contribution in [3.63, 3.8) is 0 Å². The van der Waals surface area contributed by atoms with Crippen LogP contribution >= 0.6 is 11.6 Å². The number of carbonyl (C=O) groups is 1. The van der Waals surface area contributed by atoms with Crippen molar-refractivity contribution in [2.45, 2.75) is 17.9 Å². The molecular weight excluding hydrogens is 383 g/mol. The highest BCUT2D eigenvalue weighted by atomic mass is 35.5. The molecule has 0 saturated heterocycles. The van der Waals surface area contributed by atoms with Crippen LogP contribution in [0.25, 0.3) is 0 Å². The van der Waals surface area contributed by atoms with Crippen LogP contribution in [0.5, 0.6) is 0 Å². The van der Waals surface area contributed by atoms with E-state index in [-0.39, 0.29) is 27.8 Å². The number of halogens is 2. The van der Waals surface area contributed by atoms with Gasteiger partial charge in [-0.05, 0) is 49.4 Å². The Morgan fingerprint density at radius 2 is 1.88 bits per heavy atom. The molecule has 1 atom stereocenters. The first-order valence-corrected chi connectivity index (χ1v) is 9.44. The van der Waals surface area contributed by atoms with Crippen LogP contribution in [0, 0.1) is 5.82 Å². The number of anilines is 1. The fraction of sp³-hybridized carbons (Fsp3) is 0.235. The van der Waals surface area contributed by atoms with E-state index in [0.29, 0.717) is 0 Å². The summed E-state index contributed by atoms with van der Waals surface area (Å²) in [6.07, 6.45) is 0. The molecule has 0 aromatic heterocycles. The number of hydrogen-bond donors (Lipinski definition) is 2. The van der Waals surface area contributed by atoms with Crippen molar-refractivity contribution < 1.29 is 22.7 Å². The van der Waals surface area contributed by atoms with E-state index in [1.54, 1.807) is 6.92 Å². The van der Waals surface area contributed by atoms with E-state index >= 15 is 0 Å². The lowest BCUT2D eigenvalue weighted by Crippen LogP contribution is -2.35. The number of benzene rings is 2. The Morgan fingerprint density at radius 1 is 1.27 bits per heavy atom. The molecule has 2 aromatic rings. The van der Waals surface area contributed by atoms with E-state index in [2.05, 4.69) is 5.32 Å². The van der Waals surface area contributed by atoms with Crippen molar-refractivity contribution in [1.82, 2.24) is 5.32 Å². The number of carbonyl (C=O) groups excluding carboxylic acids is 1. The molecule has 1 amide bonds. The lowest BCUT2D eigenvalue weighted by Gasteiger charge is -2.20. The van der Waals surface area contributed by atoms with Gasteiger partial charge in [-0.2, -0.15) is 0 Å². The van der Waals surface area contributed by atoms with Gasteiger partial charge in [-0.15, -0.1) is 0 Å². The molecule has 0 radical (unpaired) electrons. The Hall–Kier alpha value is -2.16. The van der Waals surface area contributed by atoms with Crippen LogP contribution in [-0.4, -0.2) is 39.1 Å². The van der Waals surface area contributed by atoms with Crippen molar-refractivity contribution in [3.05, 3.63) is 58.9 Å². The third-order valence-corrected chi connectivity index (χ3v) is 5.79. The van der Waals surface area contributed by atoms with E-state index < -0.39 is 27.8 Å². The molecule has 1 unspecified atom stereocenters. The Bertz CT molecular complexity index is 903. The van der Waals surface area contributed by atoms with E-state index in [1.807, 2.05) is 0 Å². The Kier molecular flexibility index (Phi) is 6.22. The summed E-state index contributed by atoms with van der Waals surface area (Å²) in [5.74, 6) is -1.08. The highest BCUT2D eigenvalue weighted by molar-refractivity contribution is 7.92. The summed E-state index contributed by atoms with van der Waals surface area (Å²) in [6, 6.07) is 8.21. The molecule has 0 fully saturated rings. The molecule has 0 aliphatic heterocycles. The second-order valence-electron chi connectivity index (χ2n) is 5.65. The van der Waals surface area contributed by atoms with Crippen LogP contribution < -0.4 is 9.62 Å². The van der Waals surface area contributed by atoms with Gasteiger partial charge < -0.3 is 10.4 Å². The van der Waals surface area contributed by atoms with E-state index in [9.17, 15) is 17.6 Å². The number of nitrogens with one attached hydrogen (secondary N) is 1. The van der Waals surface area contributed by atoms with Crippen LogP contribution in [0.1, 0.15) is 17.3 Å². The van der Waals surface area contributed by atoms with Gasteiger partial charge in [-0.3, -0.25) is 9.10 Å². The first kappa shape index (κ1) is 20.2. The molecule has 0 heterocycles. The third kappa shape index (κ3) is 4.32. The summed E-state index contributed by atoms with van der Waals surface area (Å²) in [5.41, 5.74) is 0.238. The molecule has 0 aliphatic rings. The van der Waals surface area contributed by atoms with Gasteiger partial charge >= 0.3 is 0 Å². The average Bonchev–Trinajstić information content (AvgIpc) is 2.61. The topological polar surface area (TPSA) is 86.7 Å². The summed E-state index contributed by atoms with van der Waals surface area (Å²) in [7, 11) is -2.66. The molecule has 9 heteroatoms. The third-order valence-electron chi connectivity index (χ3n) is 3.68. The minimum absolute atomic E-state index is 0.0273. The fourth-order valence-corrected chi connectivity index (χ4v) is 3.56. The molecule has 0 spiro atoms. The molecular formula is C17H18ClFN2O4S. The van der Waals surface area contributed by atoms with E-state index in [0.717, 1.165) is 22.5 Å². The SMILES string of the molecule is CC(CO)NC(=O)c1cc(S(=O)(=O)N(C)c2ccc(F)cc2)ccc1Cl. The van der Waals surface area contributed by atoms with Crippen molar-refractivity contribution in [2.75, 3.05) is 18.0 Å². The van der Waals surface area contributed by atoms with Crippen LogP contribution in [0.2, 0.25) is 5.02 Å². The van der Waals surface area contributed by atoms with Crippen molar-refractivity contribution in [2.24, 2.45) is 0 Å². The maximum Gasteiger partial charge on any atom is 0.264 e. The predicted molar refractivity (Wildman–Crippen MR) is 97.5 cm³/mol. The minimum atomic E-state index is -3.99. The lowest BCUT2D eigenvalue weighted by atomic mass is 10.2. The Balaban J connectivity index is 2.39. The molecule has 2 rings (SSSR count). The van der Waals surface area contributed by atoms with Gasteiger partial charge in [-0.1, -0.05) is 11.6 Å². The van der Waals surface area contributed by atoms with Gasteiger partial charge in [0.05, 0.1) is 27.8 Å². The number of sulfonamides is 1. The average molecular weight is 401 g/mol. The van der Waals surface area contributed by atoms with Crippen molar-refractivity contribution in [1.29, 1.82) is 0 Å². The number of aliphatic hydroxyl groups excluding tert-OH is 1. The normalized spacial score (nSPS) is 12.5. The van der Waals surface area contributed by atoms with Gasteiger partial charge in [0.2, 0.25) is 0 Å². The van der Waals surface area contributed by atoms with Gasteiger partial charge in [0.15, 0.2) is 0 Å². The smallest absolute Gasteiger partial charge is 0.264 e. The number of amides is 1. The van der Waals surface area contributed by atoms with Gasteiger partial charge in [-0.25, -0.2) is 12.8 Å². The second-order valence-corrected chi connectivity index (χ2v) is 8.02. The van der Waals surface area contributed by atoms with Gasteiger partial charge in [0, 0.05) is 13.1 Å². The number of nitrogens with zero attached hydrogens (tertiary/aromatic N) is 1. The molecule has 26 heavy (non-hydrogen) atoms. The highest BCUT2D eigenvalue weighted by Crippen LogP contribution is 2.26. The van der Waals surface area contributed by atoms with Gasteiger partial charge in [0.1, 0.15) is 5.82 Å². The zero-order chi connectivity index (χ0) is 19.5. The van der Waals surface area contributed by atoms with Crippen LogP contribution in [-0.2, 0) is 10.0 Å². The lowest BCUT2D eigenvalue weighted by molar-refractivity contribution is 0.0922. The molecule has 140 valence electrons. The van der Waals surface area contributed by atoms with Crippen molar-refractivity contribution >= 4 is 33.2 Å². The standard InChI is InChI=1S/C17H18ClFN2O4S/c1-11(10-22)20-17(23)15-9-14(7-8-16(15)18)26(24,25)21(2)13-5-3-12(19)4-6-13/h3-9,11,22H,10H2,1-2H3,(H,20,23). The molecule has 0 bridgehead atoms. The zero-order valence-corrected chi connectivity index (χ0v) is 15.7. The van der Waals surface area contributed by atoms with E-state index in [4.69, 9.17) is 16.7 Å². The number of rotatable bonds is 6. The molecule has 6 nitrogen and oxygen atoms in total. The molecule has 0 aliphatic carbocycles. The Labute approximate surface area is 156 Å². The molecule has 2 aromatic carbocycles. The quantitative estimate of drug-likeness (QED) is 0.779. The monoisotopic (exact) mass is 400 g/mol. The molecule has 0 saturated carbocycles. The minimum Gasteiger partial charge on any atom is -0.394 e. The summed E-state index contributed by atoms with van der Waals surface area (Å²) in [6.45, 7) is 1.32. The maximum absolute atomic E-state index is 13.0. The van der Waals surface area contributed by atoms with Crippen LogP contribution in [0.3, 0.4) is 0 Å². The van der Waals surface area contributed by atoms with Crippen molar-refractivity contribution in [3.8, 4) is 0 Å². The summed E-state index contributed by atoms with van der Waals surface area (Å²) in [4.78, 5) is 12.1. The first-order valence-electron chi connectivity index (χ1n) is 7.62. The maximum atomic E-state index is 13.0. The predicted octanol–water partition coefficient (Wildman–Crippen LogP) is 2.41. The van der Waals surface area contributed by atoms with Gasteiger partial charge in [0.25, 0.3) is 15.9 Å². The fourth-order valence-electron chi connectivity index (χ4n) is 2.13.